The van der Waals surface area contributed by atoms with Crippen LogP contribution in [0.25, 0.3) is 16.3 Å². The molecule has 0 fully saturated rings. The first-order chi connectivity index (χ1) is 13.5. The van der Waals surface area contributed by atoms with Gasteiger partial charge in [-0.2, -0.15) is 0 Å². The summed E-state index contributed by atoms with van der Waals surface area (Å²) < 4.78 is 28.0. The second kappa shape index (κ2) is 9.36. The summed E-state index contributed by atoms with van der Waals surface area (Å²) in [6, 6.07) is 5.89. The minimum absolute atomic E-state index is 0.0873. The summed E-state index contributed by atoms with van der Waals surface area (Å²) >= 11 is 2.65. The molecular weight excluding hydrogens is 400 g/mol. The lowest BCUT2D eigenvalue weighted by Gasteiger charge is -2.23. The van der Waals surface area contributed by atoms with Crippen LogP contribution in [0.15, 0.2) is 35.7 Å². The Hall–Kier alpha value is -2.16. The molecule has 0 radical (unpaired) electrons. The number of hydrogen-bond acceptors (Lipinski definition) is 5. The molecule has 3 rings (SSSR count). The summed E-state index contributed by atoms with van der Waals surface area (Å²) in [6.45, 7) is 6.93. The first-order valence-electron chi connectivity index (χ1n) is 9.02. The molecule has 0 aliphatic rings. The zero-order chi connectivity index (χ0) is 20.1. The van der Waals surface area contributed by atoms with Gasteiger partial charge in [0, 0.05) is 30.1 Å². The van der Waals surface area contributed by atoms with Gasteiger partial charge in [-0.1, -0.05) is 31.3 Å². The van der Waals surface area contributed by atoms with E-state index >= 15 is 0 Å². The molecule has 2 heterocycles. The van der Waals surface area contributed by atoms with Crippen molar-refractivity contribution in [2.75, 3.05) is 31.1 Å². The van der Waals surface area contributed by atoms with Crippen molar-refractivity contribution >= 4 is 50.0 Å². The normalized spacial score (nSPS) is 11.8. The van der Waals surface area contributed by atoms with Crippen LogP contribution < -0.4 is 4.90 Å². The average molecular weight is 422 g/mol. The van der Waals surface area contributed by atoms with Crippen LogP contribution in [-0.2, 0) is 4.79 Å². The van der Waals surface area contributed by atoms with E-state index in [0.29, 0.717) is 22.9 Å². The zero-order valence-corrected chi connectivity index (χ0v) is 17.3. The fraction of sp³-hybridized carbons (Fsp3) is 0.300. The van der Waals surface area contributed by atoms with Gasteiger partial charge in [-0.25, -0.2) is 13.8 Å². The van der Waals surface area contributed by atoms with E-state index < -0.39 is 11.6 Å². The van der Waals surface area contributed by atoms with Crippen molar-refractivity contribution in [2.24, 2.45) is 0 Å². The van der Waals surface area contributed by atoms with Gasteiger partial charge in [-0.05, 0) is 36.7 Å². The number of thiophene rings is 1. The number of rotatable bonds is 8. The summed E-state index contributed by atoms with van der Waals surface area (Å²) in [4.78, 5) is 21.9. The first-order valence-corrected chi connectivity index (χ1v) is 10.7. The van der Waals surface area contributed by atoms with Crippen molar-refractivity contribution in [2.45, 2.75) is 13.8 Å². The lowest BCUT2D eigenvalue weighted by Crippen LogP contribution is -2.38. The summed E-state index contributed by atoms with van der Waals surface area (Å²) in [7, 11) is 0. The number of carbonyl (C=O) groups is 1. The van der Waals surface area contributed by atoms with E-state index in [-0.39, 0.29) is 11.4 Å². The molecule has 8 heteroatoms. The van der Waals surface area contributed by atoms with Crippen molar-refractivity contribution in [3.05, 3.63) is 52.2 Å². The molecule has 0 atom stereocenters. The molecule has 0 unspecified atom stereocenters. The Morgan fingerprint density at radius 3 is 2.68 bits per heavy atom. The third kappa shape index (κ3) is 4.81. The lowest BCUT2D eigenvalue weighted by molar-refractivity contribution is -0.114. The van der Waals surface area contributed by atoms with E-state index in [4.69, 9.17) is 0 Å². The number of thiazole rings is 1. The Morgan fingerprint density at radius 2 is 2.00 bits per heavy atom. The van der Waals surface area contributed by atoms with Gasteiger partial charge in [0.15, 0.2) is 10.9 Å². The molecular formula is C20H21F2N3OS2. The molecule has 0 saturated heterocycles. The molecule has 2 aromatic heterocycles. The quantitative estimate of drug-likeness (QED) is 0.479. The highest BCUT2D eigenvalue weighted by atomic mass is 32.1. The number of halogens is 2. The largest absolute Gasteiger partial charge is 0.302 e. The van der Waals surface area contributed by atoms with E-state index in [1.165, 1.54) is 28.4 Å². The van der Waals surface area contributed by atoms with Gasteiger partial charge in [-0.15, -0.1) is 11.3 Å². The van der Waals surface area contributed by atoms with Gasteiger partial charge in [0.25, 0.3) is 5.91 Å². The smallest absolute Gasteiger partial charge is 0.252 e. The van der Waals surface area contributed by atoms with Gasteiger partial charge in [0.2, 0.25) is 0 Å². The molecule has 148 valence electrons. The molecule has 4 nitrogen and oxygen atoms in total. The molecule has 0 aliphatic carbocycles. The van der Waals surface area contributed by atoms with Gasteiger partial charge in [-0.3, -0.25) is 9.69 Å². The zero-order valence-electron chi connectivity index (χ0n) is 15.7. The van der Waals surface area contributed by atoms with Crippen LogP contribution >= 0.6 is 22.7 Å². The highest BCUT2D eigenvalue weighted by molar-refractivity contribution is 7.22. The number of aromatic nitrogens is 1. The summed E-state index contributed by atoms with van der Waals surface area (Å²) in [6.07, 6.45) is 3.25. The Balaban J connectivity index is 1.90. The summed E-state index contributed by atoms with van der Waals surface area (Å²) in [5.74, 6) is -1.61. The molecule has 0 bridgehead atoms. The lowest BCUT2D eigenvalue weighted by atomic mass is 10.3. The fourth-order valence-electron chi connectivity index (χ4n) is 2.77. The Morgan fingerprint density at radius 1 is 1.21 bits per heavy atom. The van der Waals surface area contributed by atoms with Gasteiger partial charge in [0.05, 0.1) is 4.70 Å². The van der Waals surface area contributed by atoms with Crippen molar-refractivity contribution in [1.82, 2.24) is 9.88 Å². The number of benzene rings is 1. The van der Waals surface area contributed by atoms with Gasteiger partial charge < -0.3 is 4.90 Å². The van der Waals surface area contributed by atoms with Crippen molar-refractivity contribution in [1.29, 1.82) is 0 Å². The second-order valence-electron chi connectivity index (χ2n) is 6.10. The van der Waals surface area contributed by atoms with E-state index in [9.17, 15) is 13.6 Å². The average Bonchev–Trinajstić information content (AvgIpc) is 3.33. The van der Waals surface area contributed by atoms with Crippen molar-refractivity contribution < 1.29 is 13.6 Å². The third-order valence-corrected chi connectivity index (χ3v) is 6.23. The molecule has 0 N–H and O–H groups in total. The Labute approximate surface area is 170 Å². The van der Waals surface area contributed by atoms with E-state index in [1.807, 2.05) is 17.5 Å². The Bertz CT molecular complexity index is 965. The molecule has 0 saturated carbocycles. The van der Waals surface area contributed by atoms with E-state index in [2.05, 4.69) is 23.7 Å². The number of fused-ring (bicyclic) bond motifs is 1. The number of nitrogens with zero attached hydrogens (tertiary/aromatic N) is 3. The summed E-state index contributed by atoms with van der Waals surface area (Å²) in [5, 5.41) is 2.31. The minimum Gasteiger partial charge on any atom is -0.302 e. The van der Waals surface area contributed by atoms with E-state index in [1.54, 1.807) is 6.08 Å². The highest BCUT2D eigenvalue weighted by Gasteiger charge is 2.20. The van der Waals surface area contributed by atoms with Crippen LogP contribution in [0.2, 0.25) is 0 Å². The second-order valence-corrected chi connectivity index (χ2v) is 8.08. The monoisotopic (exact) mass is 421 g/mol. The predicted molar refractivity (Wildman–Crippen MR) is 113 cm³/mol. The third-order valence-electron chi connectivity index (χ3n) is 4.37. The maximum atomic E-state index is 14.1. The van der Waals surface area contributed by atoms with Crippen molar-refractivity contribution in [3.8, 4) is 0 Å². The number of amides is 1. The van der Waals surface area contributed by atoms with Crippen LogP contribution in [0.1, 0.15) is 18.7 Å². The summed E-state index contributed by atoms with van der Waals surface area (Å²) in [5.41, 5.74) is 0.0873. The standard InChI is InChI=1S/C20H21F2N3OS2/c1-3-24(4-2)9-10-25(18(26)8-7-15-6-5-11-27-15)20-23-19-16(22)12-14(21)13-17(19)28-20/h5-8,11-13H,3-4,9-10H2,1-2H3/b8-7+. The first kappa shape index (κ1) is 20.6. The highest BCUT2D eigenvalue weighted by Crippen LogP contribution is 2.31. The fourth-order valence-corrected chi connectivity index (χ4v) is 4.43. The maximum absolute atomic E-state index is 14.1. The molecule has 0 spiro atoms. The van der Waals surface area contributed by atoms with Gasteiger partial charge in [0.1, 0.15) is 11.3 Å². The molecule has 3 aromatic rings. The van der Waals surface area contributed by atoms with Crippen LogP contribution in [0.3, 0.4) is 0 Å². The van der Waals surface area contributed by atoms with Crippen molar-refractivity contribution in [3.63, 3.8) is 0 Å². The van der Waals surface area contributed by atoms with Crippen LogP contribution in [0.5, 0.6) is 0 Å². The van der Waals surface area contributed by atoms with Crippen LogP contribution in [-0.4, -0.2) is 42.0 Å². The molecule has 0 aliphatic heterocycles. The maximum Gasteiger partial charge on any atom is 0.252 e. The van der Waals surface area contributed by atoms with Crippen LogP contribution in [0, 0.1) is 11.6 Å². The SMILES string of the molecule is CCN(CC)CCN(C(=O)/C=C/c1cccs1)c1nc2c(F)cc(F)cc2s1. The number of anilines is 1. The number of hydrogen-bond donors (Lipinski definition) is 0. The van der Waals surface area contributed by atoms with Gasteiger partial charge >= 0.3 is 0 Å². The molecule has 1 aromatic carbocycles. The minimum atomic E-state index is -0.720. The molecule has 28 heavy (non-hydrogen) atoms. The number of carbonyl (C=O) groups excluding carboxylic acids is 1. The predicted octanol–water partition coefficient (Wildman–Crippen LogP) is 5.02. The number of likely N-dealkylation sites (N-methyl/N-ethyl adjacent to an activating group) is 1. The van der Waals surface area contributed by atoms with Crippen LogP contribution in [0.4, 0.5) is 13.9 Å². The topological polar surface area (TPSA) is 36.4 Å². The Kier molecular flexibility index (Phi) is 6.88. The van der Waals surface area contributed by atoms with E-state index in [0.717, 1.165) is 35.4 Å². The molecule has 1 amide bonds.